The fourth-order valence-electron chi connectivity index (χ4n) is 1.49. The third kappa shape index (κ3) is 5.90. The molecule has 0 fully saturated rings. The first-order valence-corrected chi connectivity index (χ1v) is 7.87. The predicted molar refractivity (Wildman–Crippen MR) is 83.8 cm³/mol. The average Bonchev–Trinajstić information content (AvgIpc) is 2.28. The number of carbonyl (C=O) groups is 1. The minimum absolute atomic E-state index is 0. The summed E-state index contributed by atoms with van der Waals surface area (Å²) < 4.78 is 23.7. The molecule has 0 aliphatic carbocycles. The van der Waals surface area contributed by atoms with Crippen molar-refractivity contribution in [3.8, 4) is 0 Å². The molecule has 0 unspecified atom stereocenters. The van der Waals surface area contributed by atoms with Gasteiger partial charge in [0.25, 0.3) is 0 Å². The van der Waals surface area contributed by atoms with E-state index >= 15 is 0 Å². The van der Waals surface area contributed by atoms with E-state index in [-0.39, 0.29) is 37.0 Å². The van der Waals surface area contributed by atoms with Crippen molar-refractivity contribution in [2.45, 2.75) is 31.3 Å². The first-order chi connectivity index (χ1) is 8.85. The lowest BCUT2D eigenvalue weighted by atomic mass is 10.2. The standard InChI is InChI=1S/C13H20N2O3S.ClH/c1-10(2)19(17,18)9-11-4-3-5-12(8-11)15-13(16)6-7-14;/h3-5,8,10H,6-7,9,14H2,1-2H3,(H,15,16);1H. The molecule has 0 saturated heterocycles. The van der Waals surface area contributed by atoms with Gasteiger partial charge in [-0.3, -0.25) is 4.79 Å². The number of sulfone groups is 1. The highest BCUT2D eigenvalue weighted by molar-refractivity contribution is 7.91. The Hall–Kier alpha value is -1.11. The predicted octanol–water partition coefficient (Wildman–Crippen LogP) is 1.72. The lowest BCUT2D eigenvalue weighted by Crippen LogP contribution is -2.17. The molecule has 0 aliphatic rings. The Balaban J connectivity index is 0.00000361. The van der Waals surface area contributed by atoms with Gasteiger partial charge in [-0.05, 0) is 31.5 Å². The van der Waals surface area contributed by atoms with Crippen LogP contribution in [0.1, 0.15) is 25.8 Å². The van der Waals surface area contributed by atoms with Crippen molar-refractivity contribution in [1.29, 1.82) is 0 Å². The first kappa shape index (κ1) is 18.9. The van der Waals surface area contributed by atoms with Gasteiger partial charge in [0, 0.05) is 18.7 Å². The second-order valence-electron chi connectivity index (χ2n) is 4.64. The molecule has 20 heavy (non-hydrogen) atoms. The third-order valence-corrected chi connectivity index (χ3v) is 4.84. The van der Waals surface area contributed by atoms with Crippen molar-refractivity contribution >= 4 is 33.8 Å². The van der Waals surface area contributed by atoms with E-state index in [1.165, 1.54) is 0 Å². The van der Waals surface area contributed by atoms with E-state index in [9.17, 15) is 13.2 Å². The van der Waals surface area contributed by atoms with Gasteiger partial charge in [0.15, 0.2) is 9.84 Å². The fourth-order valence-corrected chi connectivity index (χ4v) is 2.47. The molecule has 0 saturated carbocycles. The van der Waals surface area contributed by atoms with Gasteiger partial charge in [-0.15, -0.1) is 12.4 Å². The van der Waals surface area contributed by atoms with E-state index < -0.39 is 15.1 Å². The Morgan fingerprint density at radius 3 is 2.55 bits per heavy atom. The lowest BCUT2D eigenvalue weighted by Gasteiger charge is -2.09. The number of anilines is 1. The Morgan fingerprint density at radius 2 is 2.00 bits per heavy atom. The molecule has 3 N–H and O–H groups in total. The zero-order valence-electron chi connectivity index (χ0n) is 11.6. The van der Waals surface area contributed by atoms with E-state index in [1.807, 2.05) is 0 Å². The molecule has 0 heterocycles. The van der Waals surface area contributed by atoms with Gasteiger partial charge in [0.05, 0.1) is 11.0 Å². The minimum Gasteiger partial charge on any atom is -0.330 e. The van der Waals surface area contributed by atoms with Gasteiger partial charge >= 0.3 is 0 Å². The maximum absolute atomic E-state index is 11.8. The van der Waals surface area contributed by atoms with Crippen LogP contribution in [0.25, 0.3) is 0 Å². The highest BCUT2D eigenvalue weighted by Gasteiger charge is 2.16. The Bertz CT molecular complexity index is 544. The van der Waals surface area contributed by atoms with Crippen LogP contribution in [0.15, 0.2) is 24.3 Å². The van der Waals surface area contributed by atoms with Gasteiger partial charge in [-0.1, -0.05) is 12.1 Å². The molecule has 1 aromatic rings. The number of benzene rings is 1. The number of hydrogen-bond acceptors (Lipinski definition) is 4. The smallest absolute Gasteiger partial charge is 0.225 e. The van der Waals surface area contributed by atoms with Crippen LogP contribution in [0.4, 0.5) is 5.69 Å². The van der Waals surface area contributed by atoms with Crippen LogP contribution < -0.4 is 11.1 Å². The molecule has 1 aromatic carbocycles. The number of carbonyl (C=O) groups excluding carboxylic acids is 1. The van der Waals surface area contributed by atoms with Crippen molar-refractivity contribution in [3.05, 3.63) is 29.8 Å². The Labute approximate surface area is 126 Å². The number of nitrogens with one attached hydrogen (secondary N) is 1. The molecule has 0 atom stereocenters. The number of hydrogen-bond donors (Lipinski definition) is 2. The quantitative estimate of drug-likeness (QED) is 0.835. The van der Waals surface area contributed by atoms with Gasteiger partial charge in [0.2, 0.25) is 5.91 Å². The SMILES string of the molecule is CC(C)S(=O)(=O)Cc1cccc(NC(=O)CCN)c1.Cl. The van der Waals surface area contributed by atoms with Gasteiger partial charge in [-0.25, -0.2) is 8.42 Å². The maximum atomic E-state index is 11.8. The zero-order valence-corrected chi connectivity index (χ0v) is 13.3. The summed E-state index contributed by atoms with van der Waals surface area (Å²) in [6.07, 6.45) is 0.245. The number of rotatable bonds is 6. The van der Waals surface area contributed by atoms with Crippen LogP contribution >= 0.6 is 12.4 Å². The van der Waals surface area contributed by atoms with E-state index in [0.717, 1.165) is 0 Å². The van der Waals surface area contributed by atoms with Gasteiger partial charge < -0.3 is 11.1 Å². The van der Waals surface area contributed by atoms with E-state index in [0.29, 0.717) is 11.3 Å². The minimum atomic E-state index is -3.14. The van der Waals surface area contributed by atoms with Crippen molar-refractivity contribution in [3.63, 3.8) is 0 Å². The summed E-state index contributed by atoms with van der Waals surface area (Å²) in [5.74, 6) is -0.197. The van der Waals surface area contributed by atoms with Crippen molar-refractivity contribution in [1.82, 2.24) is 0 Å². The van der Waals surface area contributed by atoms with Gasteiger partial charge in [0.1, 0.15) is 0 Å². The van der Waals surface area contributed by atoms with Crippen LogP contribution in [0.3, 0.4) is 0 Å². The average molecular weight is 321 g/mol. The molecule has 0 aromatic heterocycles. The summed E-state index contributed by atoms with van der Waals surface area (Å²) in [6, 6.07) is 6.86. The van der Waals surface area contributed by atoms with E-state index in [1.54, 1.807) is 38.1 Å². The third-order valence-electron chi connectivity index (χ3n) is 2.67. The lowest BCUT2D eigenvalue weighted by molar-refractivity contribution is -0.116. The molecular formula is C13H21ClN2O3S. The molecule has 0 spiro atoms. The molecule has 114 valence electrons. The van der Waals surface area contributed by atoms with E-state index in [2.05, 4.69) is 5.32 Å². The van der Waals surface area contributed by atoms with Crippen LogP contribution in [0.2, 0.25) is 0 Å². The van der Waals surface area contributed by atoms with Crippen LogP contribution in [-0.2, 0) is 20.4 Å². The van der Waals surface area contributed by atoms with Crippen LogP contribution in [-0.4, -0.2) is 26.1 Å². The normalized spacial score (nSPS) is 11.0. The van der Waals surface area contributed by atoms with Crippen molar-refractivity contribution in [2.75, 3.05) is 11.9 Å². The topological polar surface area (TPSA) is 89.3 Å². The monoisotopic (exact) mass is 320 g/mol. The molecule has 1 amide bonds. The summed E-state index contributed by atoms with van der Waals surface area (Å²) in [5, 5.41) is 2.27. The molecule has 0 aliphatic heterocycles. The molecule has 1 rings (SSSR count). The molecule has 0 radical (unpaired) electrons. The Kier molecular flexibility index (Phi) is 7.78. The highest BCUT2D eigenvalue weighted by atomic mass is 35.5. The molecular weight excluding hydrogens is 300 g/mol. The number of nitrogens with two attached hydrogens (primary N) is 1. The summed E-state index contributed by atoms with van der Waals surface area (Å²) in [7, 11) is -3.14. The highest BCUT2D eigenvalue weighted by Crippen LogP contribution is 2.15. The van der Waals surface area contributed by atoms with Crippen molar-refractivity contribution < 1.29 is 13.2 Å². The summed E-state index contributed by atoms with van der Waals surface area (Å²) >= 11 is 0. The summed E-state index contributed by atoms with van der Waals surface area (Å²) in [4.78, 5) is 11.4. The zero-order chi connectivity index (χ0) is 14.5. The first-order valence-electron chi connectivity index (χ1n) is 6.15. The number of amides is 1. The second-order valence-corrected chi connectivity index (χ2v) is 7.20. The second kappa shape index (κ2) is 8.24. The summed E-state index contributed by atoms with van der Waals surface area (Å²) in [6.45, 7) is 3.59. The fraction of sp³-hybridized carbons (Fsp3) is 0.462. The van der Waals surface area contributed by atoms with Gasteiger partial charge in [-0.2, -0.15) is 0 Å². The maximum Gasteiger partial charge on any atom is 0.225 e. The number of halogens is 1. The largest absolute Gasteiger partial charge is 0.330 e. The molecule has 5 nitrogen and oxygen atoms in total. The summed E-state index contributed by atoms with van der Waals surface area (Å²) in [5.41, 5.74) is 6.55. The van der Waals surface area contributed by atoms with E-state index in [4.69, 9.17) is 5.73 Å². The molecule has 7 heteroatoms. The van der Waals surface area contributed by atoms with Crippen molar-refractivity contribution in [2.24, 2.45) is 5.73 Å². The van der Waals surface area contributed by atoms with Crippen LogP contribution in [0, 0.1) is 0 Å². The van der Waals surface area contributed by atoms with Crippen LogP contribution in [0.5, 0.6) is 0 Å². The Morgan fingerprint density at radius 1 is 1.35 bits per heavy atom. The molecule has 0 bridgehead atoms.